The number of hydrogen-bond donors (Lipinski definition) is 0. The van der Waals surface area contributed by atoms with Gasteiger partial charge >= 0.3 is 0 Å². The molecule has 0 atom stereocenters. The minimum absolute atomic E-state index is 0.221. The Morgan fingerprint density at radius 2 is 2.10 bits per heavy atom. The Morgan fingerprint density at radius 1 is 1.33 bits per heavy atom. The highest BCUT2D eigenvalue weighted by molar-refractivity contribution is 8.18. The van der Waals surface area contributed by atoms with Gasteiger partial charge in [-0.25, -0.2) is 0 Å². The summed E-state index contributed by atoms with van der Waals surface area (Å²) >= 11 is 1.000. The zero-order valence-electron chi connectivity index (χ0n) is 11.8. The van der Waals surface area contributed by atoms with E-state index in [0.29, 0.717) is 10.9 Å². The molecule has 4 nitrogen and oxygen atoms in total. The third kappa shape index (κ3) is 2.83. The lowest BCUT2D eigenvalue weighted by Gasteiger charge is -2.10. The summed E-state index contributed by atoms with van der Waals surface area (Å²) in [5.74, 6) is -0.224. The van der Waals surface area contributed by atoms with Gasteiger partial charge < -0.3 is 4.57 Å². The summed E-state index contributed by atoms with van der Waals surface area (Å²) in [6.45, 7) is 3.84. The summed E-state index contributed by atoms with van der Waals surface area (Å²) in [6, 6.07) is 2.59. The molecule has 1 aliphatic carbocycles. The highest BCUT2D eigenvalue weighted by Crippen LogP contribution is 2.33. The molecule has 3 rings (SSSR count). The third-order valence-electron chi connectivity index (χ3n) is 3.97. The van der Waals surface area contributed by atoms with Crippen molar-refractivity contribution >= 4 is 29.0 Å². The Bertz CT molecular complexity index is 612. The van der Waals surface area contributed by atoms with Gasteiger partial charge in [-0.2, -0.15) is 0 Å². The molecule has 0 unspecified atom stereocenters. The van der Waals surface area contributed by atoms with Crippen molar-refractivity contribution in [2.45, 2.75) is 31.7 Å². The van der Waals surface area contributed by atoms with Crippen molar-refractivity contribution in [2.75, 3.05) is 6.54 Å². The van der Waals surface area contributed by atoms with Gasteiger partial charge in [-0.05, 0) is 42.3 Å². The second-order valence-corrected chi connectivity index (χ2v) is 6.40. The van der Waals surface area contributed by atoms with E-state index in [1.165, 1.54) is 30.6 Å². The lowest BCUT2D eigenvalue weighted by molar-refractivity contribution is -0.122. The summed E-state index contributed by atoms with van der Waals surface area (Å²) < 4.78 is 2.23. The van der Waals surface area contributed by atoms with Crippen LogP contribution in [0.1, 0.15) is 37.3 Å². The van der Waals surface area contributed by atoms with Crippen molar-refractivity contribution in [3.63, 3.8) is 0 Å². The molecule has 110 valence electrons. The van der Waals surface area contributed by atoms with Crippen LogP contribution in [0.3, 0.4) is 0 Å². The largest absolute Gasteiger partial charge is 0.351 e. The fourth-order valence-electron chi connectivity index (χ4n) is 2.88. The summed E-state index contributed by atoms with van der Waals surface area (Å²) in [7, 11) is 0. The third-order valence-corrected chi connectivity index (χ3v) is 4.87. The van der Waals surface area contributed by atoms with Crippen molar-refractivity contribution < 1.29 is 9.59 Å². The first-order chi connectivity index (χ1) is 10.2. The molecule has 2 amide bonds. The van der Waals surface area contributed by atoms with Gasteiger partial charge in [0.15, 0.2) is 0 Å². The van der Waals surface area contributed by atoms with Crippen LogP contribution in [0.2, 0.25) is 0 Å². The smallest absolute Gasteiger partial charge is 0.293 e. The molecule has 21 heavy (non-hydrogen) atoms. The molecule has 0 aromatic carbocycles. The Morgan fingerprint density at radius 3 is 2.81 bits per heavy atom. The molecule has 0 bridgehead atoms. The highest BCUT2D eigenvalue weighted by Gasteiger charge is 2.34. The van der Waals surface area contributed by atoms with Crippen molar-refractivity contribution in [1.82, 2.24) is 9.47 Å². The topological polar surface area (TPSA) is 42.3 Å². The fourth-order valence-corrected chi connectivity index (χ4v) is 3.73. The molecule has 5 heteroatoms. The molecule has 0 spiro atoms. The summed E-state index contributed by atoms with van der Waals surface area (Å²) in [5.41, 5.74) is 0.978. The summed E-state index contributed by atoms with van der Waals surface area (Å²) in [5, 5.41) is -0.221. The standard InChI is InChI=1S/C16H18N2O2S/c1-2-8-18-15(19)14(21-16(18)20)10-12-7-9-17(11-12)13-5-3-4-6-13/h2,7,9-11,13H,1,3-6,8H2/b14-10+. The number of nitrogens with zero attached hydrogens (tertiary/aromatic N) is 2. The first-order valence-corrected chi connectivity index (χ1v) is 8.04. The number of rotatable bonds is 4. The molecule has 1 aromatic rings. The molecule has 2 heterocycles. The quantitative estimate of drug-likeness (QED) is 0.627. The Labute approximate surface area is 128 Å². The molecule has 2 fully saturated rings. The second kappa shape index (κ2) is 5.93. The van der Waals surface area contributed by atoms with Gasteiger partial charge in [0.2, 0.25) is 0 Å². The van der Waals surface area contributed by atoms with E-state index in [0.717, 1.165) is 17.3 Å². The maximum absolute atomic E-state index is 12.1. The van der Waals surface area contributed by atoms with Crippen LogP contribution >= 0.6 is 11.8 Å². The fraction of sp³-hybridized carbons (Fsp3) is 0.375. The SMILES string of the molecule is C=CCN1C(=O)S/C(=C/c2ccn(C3CCCC3)c2)C1=O. The lowest BCUT2D eigenvalue weighted by Crippen LogP contribution is -2.27. The van der Waals surface area contributed by atoms with Crippen molar-refractivity contribution in [3.05, 3.63) is 41.6 Å². The van der Waals surface area contributed by atoms with Gasteiger partial charge in [0.1, 0.15) is 0 Å². The van der Waals surface area contributed by atoms with Crippen LogP contribution in [0, 0.1) is 0 Å². The molecule has 1 saturated heterocycles. The van der Waals surface area contributed by atoms with Gasteiger partial charge in [0, 0.05) is 25.0 Å². The molecule has 1 aromatic heterocycles. The molecular weight excluding hydrogens is 284 g/mol. The summed E-state index contributed by atoms with van der Waals surface area (Å²) in [4.78, 5) is 25.6. The molecule has 0 N–H and O–H groups in total. The Hall–Kier alpha value is -1.75. The molecule has 1 aliphatic heterocycles. The minimum Gasteiger partial charge on any atom is -0.351 e. The maximum Gasteiger partial charge on any atom is 0.293 e. The lowest BCUT2D eigenvalue weighted by atomic mass is 10.2. The van der Waals surface area contributed by atoms with E-state index in [9.17, 15) is 9.59 Å². The van der Waals surface area contributed by atoms with Crippen LogP contribution in [-0.4, -0.2) is 27.2 Å². The van der Waals surface area contributed by atoms with Gasteiger partial charge in [0.05, 0.1) is 4.91 Å². The number of aromatic nitrogens is 1. The van der Waals surface area contributed by atoms with E-state index in [2.05, 4.69) is 23.5 Å². The van der Waals surface area contributed by atoms with Gasteiger partial charge in [-0.1, -0.05) is 18.9 Å². The predicted molar refractivity (Wildman–Crippen MR) is 84.8 cm³/mol. The summed E-state index contributed by atoms with van der Waals surface area (Å²) in [6.07, 6.45) is 12.5. The van der Waals surface area contributed by atoms with E-state index in [1.54, 1.807) is 12.2 Å². The van der Waals surface area contributed by atoms with Gasteiger partial charge in [0.25, 0.3) is 11.1 Å². The number of thioether (sulfide) groups is 1. The van der Waals surface area contributed by atoms with Gasteiger partial charge in [-0.15, -0.1) is 6.58 Å². The molecular formula is C16H18N2O2S. The van der Waals surface area contributed by atoms with Crippen molar-refractivity contribution in [1.29, 1.82) is 0 Å². The average Bonchev–Trinajstić information content (AvgIpc) is 3.17. The number of imide groups is 1. The maximum atomic E-state index is 12.1. The Kier molecular flexibility index (Phi) is 4.01. The molecule has 1 saturated carbocycles. The highest BCUT2D eigenvalue weighted by atomic mass is 32.2. The zero-order valence-corrected chi connectivity index (χ0v) is 12.6. The van der Waals surface area contributed by atoms with Crippen molar-refractivity contribution in [2.24, 2.45) is 0 Å². The van der Waals surface area contributed by atoms with Crippen LogP contribution in [-0.2, 0) is 4.79 Å². The zero-order chi connectivity index (χ0) is 14.8. The van der Waals surface area contributed by atoms with Crippen LogP contribution in [0.4, 0.5) is 4.79 Å². The van der Waals surface area contributed by atoms with Crippen LogP contribution in [0.15, 0.2) is 36.0 Å². The van der Waals surface area contributed by atoms with E-state index in [-0.39, 0.29) is 17.7 Å². The number of hydrogen-bond acceptors (Lipinski definition) is 3. The van der Waals surface area contributed by atoms with Crippen LogP contribution < -0.4 is 0 Å². The Balaban J connectivity index is 1.77. The first kappa shape index (κ1) is 14.2. The van der Waals surface area contributed by atoms with Crippen LogP contribution in [0.25, 0.3) is 6.08 Å². The van der Waals surface area contributed by atoms with E-state index in [4.69, 9.17) is 0 Å². The average molecular weight is 302 g/mol. The van der Waals surface area contributed by atoms with Crippen molar-refractivity contribution in [3.8, 4) is 0 Å². The number of carbonyl (C=O) groups excluding carboxylic acids is 2. The molecule has 0 radical (unpaired) electrons. The number of amides is 2. The minimum atomic E-state index is -0.224. The second-order valence-electron chi connectivity index (χ2n) is 5.41. The van der Waals surface area contributed by atoms with Gasteiger partial charge in [-0.3, -0.25) is 14.5 Å². The first-order valence-electron chi connectivity index (χ1n) is 7.23. The number of carbonyl (C=O) groups is 2. The van der Waals surface area contributed by atoms with E-state index in [1.807, 2.05) is 6.07 Å². The van der Waals surface area contributed by atoms with Crippen LogP contribution in [0.5, 0.6) is 0 Å². The normalized spacial score (nSPS) is 21.7. The predicted octanol–water partition coefficient (Wildman–Crippen LogP) is 3.83. The molecule has 2 aliphatic rings. The monoisotopic (exact) mass is 302 g/mol. The van der Waals surface area contributed by atoms with E-state index >= 15 is 0 Å². The van der Waals surface area contributed by atoms with E-state index < -0.39 is 0 Å².